The van der Waals surface area contributed by atoms with E-state index in [2.05, 4.69) is 10.1 Å². The number of hydrogen-bond donors (Lipinski definition) is 1. The molecule has 10 nitrogen and oxygen atoms in total. The Bertz CT molecular complexity index is 1240. The molecular weight excluding hydrogens is 440 g/mol. The van der Waals surface area contributed by atoms with E-state index in [1.54, 1.807) is 16.8 Å². The van der Waals surface area contributed by atoms with E-state index in [0.29, 0.717) is 56.1 Å². The predicted octanol–water partition coefficient (Wildman–Crippen LogP) is 2.00. The first-order chi connectivity index (χ1) is 16.7. The summed E-state index contributed by atoms with van der Waals surface area (Å²) in [6.07, 6.45) is 1.63. The molecule has 0 amide bonds. The smallest absolute Gasteiger partial charge is 0.275 e. The fraction of sp³-hybridized carbons (Fsp3) is 0.292. The van der Waals surface area contributed by atoms with Gasteiger partial charge in [-0.05, 0) is 12.1 Å². The quantitative estimate of drug-likeness (QED) is 0.298. The third kappa shape index (κ3) is 6.19. The van der Waals surface area contributed by atoms with E-state index in [-0.39, 0.29) is 18.9 Å². The zero-order valence-electron chi connectivity index (χ0n) is 18.6. The van der Waals surface area contributed by atoms with Crippen LogP contribution in [0.1, 0.15) is 0 Å². The second-order valence-corrected chi connectivity index (χ2v) is 7.18. The molecule has 0 unspecified atom stereocenters. The Balaban J connectivity index is 1.34. The summed E-state index contributed by atoms with van der Waals surface area (Å²) < 4.78 is 25.1. The molecule has 0 aliphatic carbocycles. The average Bonchev–Trinajstić information content (AvgIpc) is 3.33. The highest BCUT2D eigenvalue weighted by Gasteiger charge is 2.11. The van der Waals surface area contributed by atoms with Crippen LogP contribution in [0.25, 0.3) is 17.2 Å². The van der Waals surface area contributed by atoms with Gasteiger partial charge in [0.05, 0.1) is 33.0 Å². The SMILES string of the molecule is O=c1ccn(COc2cccc(OCCOCCOCCO)c2)c2nc(-c3ccccc3)nn12. The summed E-state index contributed by atoms with van der Waals surface area (Å²) in [6.45, 7) is 2.11. The van der Waals surface area contributed by atoms with E-state index in [4.69, 9.17) is 24.1 Å². The minimum atomic E-state index is -0.265. The standard InChI is InChI=1S/C24H26N4O6/c29-11-12-31-13-14-32-15-16-33-20-7-4-8-21(17-20)34-18-27-10-9-22(30)28-24(27)25-23(26-28)19-5-2-1-3-6-19/h1-10,17,29H,11-16,18H2. The van der Waals surface area contributed by atoms with Gasteiger partial charge < -0.3 is 24.1 Å². The first-order valence-electron chi connectivity index (χ1n) is 10.9. The van der Waals surface area contributed by atoms with Gasteiger partial charge in [-0.25, -0.2) is 0 Å². The molecule has 0 fully saturated rings. The Hall–Kier alpha value is -3.73. The molecule has 0 spiro atoms. The molecule has 4 aromatic rings. The van der Waals surface area contributed by atoms with Crippen molar-refractivity contribution in [1.29, 1.82) is 0 Å². The lowest BCUT2D eigenvalue weighted by molar-refractivity contribution is 0.0247. The number of aromatic nitrogens is 4. The lowest BCUT2D eigenvalue weighted by Gasteiger charge is -2.11. The molecule has 2 aromatic carbocycles. The largest absolute Gasteiger partial charge is 0.491 e. The molecule has 0 saturated carbocycles. The third-order valence-electron chi connectivity index (χ3n) is 4.76. The lowest BCUT2D eigenvalue weighted by atomic mass is 10.2. The van der Waals surface area contributed by atoms with Crippen LogP contribution >= 0.6 is 0 Å². The Morgan fingerprint density at radius 3 is 2.35 bits per heavy atom. The number of aliphatic hydroxyl groups is 1. The van der Waals surface area contributed by atoms with Gasteiger partial charge in [0.15, 0.2) is 12.6 Å². The van der Waals surface area contributed by atoms with Gasteiger partial charge >= 0.3 is 0 Å². The number of benzene rings is 2. The monoisotopic (exact) mass is 466 g/mol. The van der Waals surface area contributed by atoms with E-state index in [0.717, 1.165) is 5.56 Å². The minimum Gasteiger partial charge on any atom is -0.491 e. The second-order valence-electron chi connectivity index (χ2n) is 7.18. The highest BCUT2D eigenvalue weighted by Crippen LogP contribution is 2.20. The van der Waals surface area contributed by atoms with Gasteiger partial charge in [0.1, 0.15) is 18.1 Å². The maximum absolute atomic E-state index is 12.3. The molecule has 0 atom stereocenters. The first-order valence-corrected chi connectivity index (χ1v) is 10.9. The van der Waals surface area contributed by atoms with Crippen LogP contribution in [-0.4, -0.2) is 63.9 Å². The maximum Gasteiger partial charge on any atom is 0.275 e. The summed E-state index contributed by atoms with van der Waals surface area (Å²) in [5.74, 6) is 2.11. The molecule has 1 N–H and O–H groups in total. The average molecular weight is 466 g/mol. The van der Waals surface area contributed by atoms with Crippen molar-refractivity contribution >= 4 is 5.78 Å². The molecule has 2 aromatic heterocycles. The molecule has 0 aliphatic rings. The highest BCUT2D eigenvalue weighted by molar-refractivity contribution is 5.56. The molecule has 4 rings (SSSR count). The van der Waals surface area contributed by atoms with Crippen LogP contribution in [0.5, 0.6) is 11.5 Å². The van der Waals surface area contributed by atoms with Crippen molar-refractivity contribution < 1.29 is 24.1 Å². The van der Waals surface area contributed by atoms with E-state index in [1.165, 1.54) is 10.6 Å². The first kappa shape index (κ1) is 23.4. The summed E-state index contributed by atoms with van der Waals surface area (Å²) in [5, 5.41) is 13.0. The van der Waals surface area contributed by atoms with Gasteiger partial charge in [-0.1, -0.05) is 36.4 Å². The fourth-order valence-electron chi connectivity index (χ4n) is 3.14. The summed E-state index contributed by atoms with van der Waals surface area (Å²) in [7, 11) is 0. The van der Waals surface area contributed by atoms with Crippen LogP contribution < -0.4 is 15.0 Å². The summed E-state index contributed by atoms with van der Waals surface area (Å²) in [4.78, 5) is 16.8. The number of hydrogen-bond acceptors (Lipinski definition) is 8. The van der Waals surface area contributed by atoms with Crippen LogP contribution in [0.2, 0.25) is 0 Å². The second kappa shape index (κ2) is 11.9. The Morgan fingerprint density at radius 2 is 1.56 bits per heavy atom. The van der Waals surface area contributed by atoms with Crippen LogP contribution in [0.4, 0.5) is 0 Å². The van der Waals surface area contributed by atoms with Gasteiger partial charge in [-0.3, -0.25) is 9.36 Å². The normalized spacial score (nSPS) is 11.1. The van der Waals surface area contributed by atoms with E-state index >= 15 is 0 Å². The number of fused-ring (bicyclic) bond motifs is 1. The highest BCUT2D eigenvalue weighted by atomic mass is 16.5. The number of nitrogens with zero attached hydrogens (tertiary/aromatic N) is 4. The van der Waals surface area contributed by atoms with Crippen molar-refractivity contribution in [2.24, 2.45) is 0 Å². The van der Waals surface area contributed by atoms with E-state index in [9.17, 15) is 4.79 Å². The van der Waals surface area contributed by atoms with Crippen molar-refractivity contribution in [3.8, 4) is 22.9 Å². The summed E-state index contributed by atoms with van der Waals surface area (Å²) in [5.41, 5.74) is 0.558. The van der Waals surface area contributed by atoms with Crippen LogP contribution in [0, 0.1) is 0 Å². The van der Waals surface area contributed by atoms with Crippen LogP contribution in [0.3, 0.4) is 0 Å². The number of aliphatic hydroxyl groups excluding tert-OH is 1. The molecule has 0 aliphatic heterocycles. The number of rotatable bonds is 13. The molecule has 0 bridgehead atoms. The zero-order chi connectivity index (χ0) is 23.6. The Labute approximate surface area is 195 Å². The van der Waals surface area contributed by atoms with Crippen molar-refractivity contribution in [2.45, 2.75) is 6.73 Å². The van der Waals surface area contributed by atoms with E-state index in [1.807, 2.05) is 48.5 Å². The third-order valence-corrected chi connectivity index (χ3v) is 4.76. The molecule has 178 valence electrons. The molecule has 34 heavy (non-hydrogen) atoms. The van der Waals surface area contributed by atoms with E-state index < -0.39 is 0 Å². The van der Waals surface area contributed by atoms with Gasteiger partial charge in [0, 0.05) is 23.9 Å². The van der Waals surface area contributed by atoms with Gasteiger partial charge in [-0.15, -0.1) is 5.10 Å². The van der Waals surface area contributed by atoms with Crippen molar-refractivity contribution in [1.82, 2.24) is 19.2 Å². The van der Waals surface area contributed by atoms with Crippen LogP contribution in [-0.2, 0) is 16.2 Å². The topological polar surface area (TPSA) is 109 Å². The molecule has 10 heteroatoms. The zero-order valence-corrected chi connectivity index (χ0v) is 18.6. The Kier molecular flexibility index (Phi) is 8.22. The molecule has 0 radical (unpaired) electrons. The molecule has 0 saturated heterocycles. The summed E-state index contributed by atoms with van der Waals surface area (Å²) in [6, 6.07) is 18.2. The molecule has 2 heterocycles. The van der Waals surface area contributed by atoms with Gasteiger partial charge in [0.2, 0.25) is 5.78 Å². The minimum absolute atomic E-state index is 0.00254. The van der Waals surface area contributed by atoms with Crippen molar-refractivity contribution in [2.75, 3.05) is 39.6 Å². The van der Waals surface area contributed by atoms with Gasteiger partial charge in [-0.2, -0.15) is 9.50 Å². The lowest BCUT2D eigenvalue weighted by Crippen LogP contribution is -2.19. The predicted molar refractivity (Wildman–Crippen MR) is 124 cm³/mol. The van der Waals surface area contributed by atoms with Gasteiger partial charge in [0.25, 0.3) is 5.56 Å². The van der Waals surface area contributed by atoms with Crippen LogP contribution in [0.15, 0.2) is 71.7 Å². The fourth-order valence-corrected chi connectivity index (χ4v) is 3.14. The summed E-state index contributed by atoms with van der Waals surface area (Å²) >= 11 is 0. The maximum atomic E-state index is 12.3. The van der Waals surface area contributed by atoms with Crippen molar-refractivity contribution in [3.63, 3.8) is 0 Å². The number of ether oxygens (including phenoxy) is 4. The Morgan fingerprint density at radius 1 is 0.824 bits per heavy atom. The molecular formula is C24H26N4O6. The van der Waals surface area contributed by atoms with Crippen molar-refractivity contribution in [3.05, 3.63) is 77.2 Å².